The Hall–Kier alpha value is -1.50. The largest absolute Gasteiger partial charge is 0.353 e. The van der Waals surface area contributed by atoms with Gasteiger partial charge < -0.3 is 4.98 Å². The molecule has 0 unspecified atom stereocenters. The Morgan fingerprint density at radius 1 is 1.08 bits per heavy atom. The van der Waals surface area contributed by atoms with Crippen LogP contribution in [0.2, 0.25) is 0 Å². The second kappa shape index (κ2) is 3.09. The summed E-state index contributed by atoms with van der Waals surface area (Å²) in [6.45, 7) is 4.18. The van der Waals surface area contributed by atoms with Gasteiger partial charge in [0.15, 0.2) is 0 Å². The average molecular weight is 170 g/mol. The van der Waals surface area contributed by atoms with E-state index >= 15 is 0 Å². The van der Waals surface area contributed by atoms with Gasteiger partial charge in [-0.2, -0.15) is 0 Å². The number of benzene rings is 1. The zero-order chi connectivity index (χ0) is 9.26. The fourth-order valence-electron chi connectivity index (χ4n) is 1.42. The molecule has 1 aromatic heterocycles. The lowest BCUT2D eigenvalue weighted by Crippen LogP contribution is -1.79. The Morgan fingerprint density at radius 2 is 1.77 bits per heavy atom. The SMILES string of the molecule is Cc1[c][nH]c(-c2ccccc2)c1C. The van der Waals surface area contributed by atoms with Crippen molar-refractivity contribution in [1.82, 2.24) is 4.98 Å². The van der Waals surface area contributed by atoms with Gasteiger partial charge in [-0.05, 0) is 30.5 Å². The predicted octanol–water partition coefficient (Wildman–Crippen LogP) is 3.10. The smallest absolute Gasteiger partial charge is 0.0659 e. The zero-order valence-corrected chi connectivity index (χ0v) is 7.89. The van der Waals surface area contributed by atoms with Crippen LogP contribution >= 0.6 is 0 Å². The molecule has 0 atom stereocenters. The van der Waals surface area contributed by atoms with Crippen molar-refractivity contribution in [3.05, 3.63) is 47.7 Å². The van der Waals surface area contributed by atoms with E-state index in [1.165, 1.54) is 22.4 Å². The molecule has 0 spiro atoms. The van der Waals surface area contributed by atoms with Crippen LogP contribution in [0.3, 0.4) is 0 Å². The Bertz CT molecular complexity index is 398. The maximum Gasteiger partial charge on any atom is 0.0659 e. The molecule has 1 radical (unpaired) electrons. The number of aromatic nitrogens is 1. The van der Waals surface area contributed by atoms with E-state index in [0.29, 0.717) is 0 Å². The van der Waals surface area contributed by atoms with Crippen LogP contribution in [0.25, 0.3) is 11.3 Å². The standard InChI is InChI=1S/C12H12N/c1-9-8-13-12(10(9)2)11-6-4-3-5-7-11/h3-7,13H,1-2H3. The molecule has 65 valence electrons. The quantitative estimate of drug-likeness (QED) is 0.677. The average Bonchev–Trinajstić information content (AvgIpc) is 2.49. The second-order valence-corrected chi connectivity index (χ2v) is 3.24. The Labute approximate surface area is 78.4 Å². The maximum atomic E-state index is 3.16. The van der Waals surface area contributed by atoms with E-state index < -0.39 is 0 Å². The topological polar surface area (TPSA) is 15.8 Å². The molecule has 1 heterocycles. The van der Waals surface area contributed by atoms with Gasteiger partial charge in [-0.3, -0.25) is 0 Å². The predicted molar refractivity (Wildman–Crippen MR) is 54.5 cm³/mol. The fourth-order valence-corrected chi connectivity index (χ4v) is 1.42. The van der Waals surface area contributed by atoms with Crippen LogP contribution in [0.1, 0.15) is 11.1 Å². The van der Waals surface area contributed by atoms with Gasteiger partial charge in [0.25, 0.3) is 0 Å². The molecule has 1 N–H and O–H groups in total. The van der Waals surface area contributed by atoms with Gasteiger partial charge in [0.1, 0.15) is 0 Å². The summed E-state index contributed by atoms with van der Waals surface area (Å²) < 4.78 is 0. The lowest BCUT2D eigenvalue weighted by Gasteiger charge is -1.99. The first-order valence-corrected chi connectivity index (χ1v) is 4.41. The minimum Gasteiger partial charge on any atom is -0.353 e. The number of hydrogen-bond donors (Lipinski definition) is 1. The highest BCUT2D eigenvalue weighted by molar-refractivity contribution is 5.64. The van der Waals surface area contributed by atoms with E-state index in [4.69, 9.17) is 0 Å². The van der Waals surface area contributed by atoms with Crippen molar-refractivity contribution in [3.63, 3.8) is 0 Å². The molecule has 0 aliphatic carbocycles. The van der Waals surface area contributed by atoms with Crippen LogP contribution in [0.15, 0.2) is 30.3 Å². The van der Waals surface area contributed by atoms with Crippen molar-refractivity contribution in [2.24, 2.45) is 0 Å². The zero-order valence-electron chi connectivity index (χ0n) is 7.89. The summed E-state index contributed by atoms with van der Waals surface area (Å²) in [7, 11) is 0. The normalized spacial score (nSPS) is 10.3. The van der Waals surface area contributed by atoms with E-state index in [9.17, 15) is 0 Å². The number of aryl methyl sites for hydroxylation is 1. The molecule has 2 aromatic rings. The van der Waals surface area contributed by atoms with Crippen molar-refractivity contribution in [3.8, 4) is 11.3 Å². The highest BCUT2D eigenvalue weighted by atomic mass is 14.7. The number of nitrogens with one attached hydrogen (secondary N) is 1. The third-order valence-corrected chi connectivity index (χ3v) is 2.37. The van der Waals surface area contributed by atoms with E-state index in [1.54, 1.807) is 0 Å². The highest BCUT2D eigenvalue weighted by Crippen LogP contribution is 2.22. The van der Waals surface area contributed by atoms with Crippen molar-refractivity contribution in [2.75, 3.05) is 0 Å². The lowest BCUT2D eigenvalue weighted by atomic mass is 10.1. The molecule has 0 aliphatic heterocycles. The third kappa shape index (κ3) is 1.37. The maximum absolute atomic E-state index is 3.16. The number of hydrogen-bond acceptors (Lipinski definition) is 0. The number of H-pyrrole nitrogens is 1. The molecule has 1 heteroatoms. The van der Waals surface area contributed by atoms with E-state index in [0.717, 1.165) is 0 Å². The van der Waals surface area contributed by atoms with Gasteiger partial charge in [0, 0.05) is 5.69 Å². The Morgan fingerprint density at radius 3 is 2.31 bits per heavy atom. The monoisotopic (exact) mass is 170 g/mol. The van der Waals surface area contributed by atoms with E-state index in [1.807, 2.05) is 18.2 Å². The Kier molecular flexibility index (Phi) is 1.93. The number of rotatable bonds is 1. The minimum atomic E-state index is 1.18. The van der Waals surface area contributed by atoms with Gasteiger partial charge in [0.2, 0.25) is 0 Å². The van der Waals surface area contributed by atoms with Crippen LogP contribution in [0.5, 0.6) is 0 Å². The summed E-state index contributed by atoms with van der Waals surface area (Å²) in [5.41, 5.74) is 4.88. The molecule has 1 nitrogen and oxygen atoms in total. The van der Waals surface area contributed by atoms with Gasteiger partial charge >= 0.3 is 0 Å². The van der Waals surface area contributed by atoms with Gasteiger partial charge in [-0.1, -0.05) is 30.3 Å². The first-order chi connectivity index (χ1) is 6.29. The van der Waals surface area contributed by atoms with Crippen molar-refractivity contribution in [2.45, 2.75) is 13.8 Å². The summed E-state index contributed by atoms with van der Waals surface area (Å²) in [5.74, 6) is 0. The van der Waals surface area contributed by atoms with Gasteiger partial charge in [0.05, 0.1) is 6.20 Å². The Balaban J connectivity index is 2.53. The molecule has 0 amide bonds. The fraction of sp³-hybridized carbons (Fsp3) is 0.167. The highest BCUT2D eigenvalue weighted by Gasteiger charge is 2.04. The first-order valence-electron chi connectivity index (χ1n) is 4.41. The lowest BCUT2D eigenvalue weighted by molar-refractivity contribution is 1.36. The summed E-state index contributed by atoms with van der Waals surface area (Å²) in [6.07, 6.45) is 3.11. The third-order valence-electron chi connectivity index (χ3n) is 2.37. The van der Waals surface area contributed by atoms with Crippen molar-refractivity contribution < 1.29 is 0 Å². The minimum absolute atomic E-state index is 1.18. The van der Waals surface area contributed by atoms with Crippen LogP contribution in [0.4, 0.5) is 0 Å². The molecule has 0 fully saturated rings. The molecule has 0 saturated heterocycles. The summed E-state index contributed by atoms with van der Waals surface area (Å²) >= 11 is 0. The molecule has 0 aliphatic rings. The number of aromatic amines is 1. The van der Waals surface area contributed by atoms with E-state index in [-0.39, 0.29) is 0 Å². The van der Waals surface area contributed by atoms with Crippen molar-refractivity contribution in [1.29, 1.82) is 0 Å². The molecule has 2 rings (SSSR count). The molecule has 0 bridgehead atoms. The molecule has 13 heavy (non-hydrogen) atoms. The van der Waals surface area contributed by atoms with Crippen LogP contribution in [-0.2, 0) is 0 Å². The molecule has 1 aromatic carbocycles. The van der Waals surface area contributed by atoms with Gasteiger partial charge in [-0.25, -0.2) is 0 Å². The molecule has 0 saturated carbocycles. The summed E-state index contributed by atoms with van der Waals surface area (Å²) in [5, 5.41) is 0. The van der Waals surface area contributed by atoms with Crippen LogP contribution in [-0.4, -0.2) is 4.98 Å². The van der Waals surface area contributed by atoms with E-state index in [2.05, 4.69) is 37.2 Å². The van der Waals surface area contributed by atoms with Crippen LogP contribution < -0.4 is 0 Å². The second-order valence-electron chi connectivity index (χ2n) is 3.24. The summed E-state index contributed by atoms with van der Waals surface area (Å²) in [6, 6.07) is 10.3. The van der Waals surface area contributed by atoms with Crippen molar-refractivity contribution >= 4 is 0 Å². The van der Waals surface area contributed by atoms with Crippen LogP contribution in [0, 0.1) is 20.0 Å². The first kappa shape index (κ1) is 8.11. The molecular formula is C12H12N. The van der Waals surface area contributed by atoms with Gasteiger partial charge in [-0.15, -0.1) is 0 Å². The molecular weight excluding hydrogens is 158 g/mol. The summed E-state index contributed by atoms with van der Waals surface area (Å²) in [4.78, 5) is 3.16.